The molecule has 0 N–H and O–H groups in total. The van der Waals surface area contributed by atoms with Crippen LogP contribution in [0, 0.1) is 15.9 Å². The van der Waals surface area contributed by atoms with Gasteiger partial charge in [0.2, 0.25) is 0 Å². The van der Waals surface area contributed by atoms with Gasteiger partial charge in [0.25, 0.3) is 5.69 Å². The van der Waals surface area contributed by atoms with E-state index < -0.39 is 16.7 Å². The van der Waals surface area contributed by atoms with Gasteiger partial charge < -0.3 is 9.47 Å². The number of carbonyl (C=O) groups excluding carboxylic acids is 1. The molecule has 0 aliphatic rings. The van der Waals surface area contributed by atoms with E-state index in [2.05, 4.69) is 0 Å². The summed E-state index contributed by atoms with van der Waals surface area (Å²) in [6, 6.07) is 7.21. The van der Waals surface area contributed by atoms with Crippen LogP contribution in [0.25, 0.3) is 0 Å². The maximum Gasteiger partial charge on any atom is 0.340 e. The Balaban J connectivity index is 2.19. The van der Waals surface area contributed by atoms with Crippen molar-refractivity contribution in [2.75, 3.05) is 7.11 Å². The molecule has 0 saturated heterocycles. The standard InChI is InChI=1S/C15H11ClFNO5/c1-22-14-5-2-10(17)6-9(14)8-23-15(19)12-7-11(18(20)21)3-4-13(12)16/h2-7H,8H2,1H3. The number of rotatable bonds is 5. The van der Waals surface area contributed by atoms with E-state index in [1.165, 1.54) is 37.4 Å². The smallest absolute Gasteiger partial charge is 0.340 e. The number of non-ortho nitro benzene ring substituents is 1. The lowest BCUT2D eigenvalue weighted by molar-refractivity contribution is -0.384. The summed E-state index contributed by atoms with van der Waals surface area (Å²) in [5.41, 5.74) is -0.108. The van der Waals surface area contributed by atoms with Gasteiger partial charge in [0.1, 0.15) is 18.2 Å². The highest BCUT2D eigenvalue weighted by Gasteiger charge is 2.18. The van der Waals surface area contributed by atoms with Crippen LogP contribution in [0.1, 0.15) is 15.9 Å². The maximum absolute atomic E-state index is 13.2. The van der Waals surface area contributed by atoms with Crippen LogP contribution in [0.3, 0.4) is 0 Å². The molecule has 0 amide bonds. The van der Waals surface area contributed by atoms with Crippen LogP contribution in [0.4, 0.5) is 10.1 Å². The first-order valence-corrected chi connectivity index (χ1v) is 6.73. The molecule has 23 heavy (non-hydrogen) atoms. The summed E-state index contributed by atoms with van der Waals surface area (Å²) < 4.78 is 23.3. The second-order valence-electron chi connectivity index (χ2n) is 4.45. The SMILES string of the molecule is COc1ccc(F)cc1COC(=O)c1cc([N+](=O)[O-])ccc1Cl. The average Bonchev–Trinajstić information content (AvgIpc) is 2.53. The molecule has 6 nitrogen and oxygen atoms in total. The lowest BCUT2D eigenvalue weighted by Gasteiger charge is -2.10. The summed E-state index contributed by atoms with van der Waals surface area (Å²) in [6.45, 7) is -0.265. The summed E-state index contributed by atoms with van der Waals surface area (Å²) in [7, 11) is 1.40. The Kier molecular flexibility index (Phi) is 5.13. The number of halogens is 2. The van der Waals surface area contributed by atoms with Crippen molar-refractivity contribution in [3.63, 3.8) is 0 Å². The van der Waals surface area contributed by atoms with Gasteiger partial charge in [-0.2, -0.15) is 0 Å². The number of hydrogen-bond donors (Lipinski definition) is 0. The second kappa shape index (κ2) is 7.06. The van der Waals surface area contributed by atoms with Crippen LogP contribution in [0.15, 0.2) is 36.4 Å². The van der Waals surface area contributed by atoms with Crippen LogP contribution in [0.2, 0.25) is 5.02 Å². The molecule has 0 aliphatic heterocycles. The molecule has 2 rings (SSSR count). The highest BCUT2D eigenvalue weighted by molar-refractivity contribution is 6.33. The largest absolute Gasteiger partial charge is 0.496 e. The Bertz CT molecular complexity index is 766. The van der Waals surface area contributed by atoms with E-state index in [4.69, 9.17) is 21.1 Å². The third-order valence-corrected chi connectivity index (χ3v) is 3.31. The number of nitrogens with zero attached hydrogens (tertiary/aromatic N) is 1. The molecule has 0 aliphatic carbocycles. The van der Waals surface area contributed by atoms with Crippen molar-refractivity contribution >= 4 is 23.3 Å². The van der Waals surface area contributed by atoms with Gasteiger partial charge in [-0.1, -0.05) is 11.6 Å². The molecular formula is C15H11ClFNO5. The quantitative estimate of drug-likeness (QED) is 0.471. The number of nitro benzene ring substituents is 1. The van der Waals surface area contributed by atoms with Crippen molar-refractivity contribution in [1.82, 2.24) is 0 Å². The summed E-state index contributed by atoms with van der Waals surface area (Å²) >= 11 is 5.85. The zero-order chi connectivity index (χ0) is 17.0. The first-order chi connectivity index (χ1) is 10.9. The van der Waals surface area contributed by atoms with E-state index in [0.29, 0.717) is 11.3 Å². The van der Waals surface area contributed by atoms with E-state index in [9.17, 15) is 19.3 Å². The fourth-order valence-corrected chi connectivity index (χ4v) is 2.06. The van der Waals surface area contributed by atoms with Crippen molar-refractivity contribution < 1.29 is 23.6 Å². The van der Waals surface area contributed by atoms with Gasteiger partial charge in [0, 0.05) is 17.7 Å². The summed E-state index contributed by atoms with van der Waals surface area (Å²) in [4.78, 5) is 22.1. The first-order valence-electron chi connectivity index (χ1n) is 6.36. The Hall–Kier alpha value is -2.67. The van der Waals surface area contributed by atoms with Crippen molar-refractivity contribution in [1.29, 1.82) is 0 Å². The molecule has 2 aromatic rings. The highest BCUT2D eigenvalue weighted by atomic mass is 35.5. The first kappa shape index (κ1) is 16.7. The Morgan fingerprint density at radius 1 is 1.30 bits per heavy atom. The number of nitro groups is 1. The molecule has 2 aromatic carbocycles. The topological polar surface area (TPSA) is 78.7 Å². The summed E-state index contributed by atoms with van der Waals surface area (Å²) in [5, 5.41) is 10.8. The van der Waals surface area contributed by atoms with Gasteiger partial charge in [-0.3, -0.25) is 10.1 Å². The second-order valence-corrected chi connectivity index (χ2v) is 4.86. The lowest BCUT2D eigenvalue weighted by atomic mass is 10.2. The molecule has 0 aromatic heterocycles. The Morgan fingerprint density at radius 2 is 2.04 bits per heavy atom. The van der Waals surface area contributed by atoms with E-state index in [1.54, 1.807) is 0 Å². The summed E-state index contributed by atoms with van der Waals surface area (Å²) in [6.07, 6.45) is 0. The number of esters is 1. The van der Waals surface area contributed by atoms with Crippen molar-refractivity contribution in [2.24, 2.45) is 0 Å². The molecular weight excluding hydrogens is 329 g/mol. The van der Waals surface area contributed by atoms with Crippen LogP contribution < -0.4 is 4.74 Å². The summed E-state index contributed by atoms with van der Waals surface area (Å²) in [5.74, 6) is -1.01. The van der Waals surface area contributed by atoms with Gasteiger partial charge in [0.15, 0.2) is 0 Å². The van der Waals surface area contributed by atoms with E-state index in [0.717, 1.165) is 6.07 Å². The number of carbonyl (C=O) groups is 1. The minimum absolute atomic E-state index is 0.0202. The van der Waals surface area contributed by atoms with Gasteiger partial charge in [-0.25, -0.2) is 9.18 Å². The number of ether oxygens (including phenoxy) is 2. The van der Waals surface area contributed by atoms with E-state index in [1.807, 2.05) is 0 Å². The lowest BCUT2D eigenvalue weighted by Crippen LogP contribution is -2.07. The number of hydrogen-bond acceptors (Lipinski definition) is 5. The zero-order valence-corrected chi connectivity index (χ0v) is 12.7. The highest BCUT2D eigenvalue weighted by Crippen LogP contribution is 2.24. The molecule has 8 heteroatoms. The molecule has 0 bridgehead atoms. The average molecular weight is 340 g/mol. The zero-order valence-electron chi connectivity index (χ0n) is 11.9. The molecule has 0 radical (unpaired) electrons. The number of benzene rings is 2. The fraction of sp³-hybridized carbons (Fsp3) is 0.133. The van der Waals surface area contributed by atoms with Gasteiger partial charge in [0.05, 0.1) is 22.6 Å². The Labute approximate surface area is 135 Å². The number of methoxy groups -OCH3 is 1. The minimum atomic E-state index is -0.856. The van der Waals surface area contributed by atoms with Gasteiger partial charge in [-0.15, -0.1) is 0 Å². The van der Waals surface area contributed by atoms with Crippen molar-refractivity contribution in [3.8, 4) is 5.75 Å². The van der Waals surface area contributed by atoms with Crippen LogP contribution in [-0.4, -0.2) is 18.0 Å². The van der Waals surface area contributed by atoms with Crippen molar-refractivity contribution in [3.05, 3.63) is 68.5 Å². The van der Waals surface area contributed by atoms with Crippen LogP contribution in [0.5, 0.6) is 5.75 Å². The van der Waals surface area contributed by atoms with Crippen LogP contribution in [-0.2, 0) is 11.3 Å². The van der Waals surface area contributed by atoms with Crippen LogP contribution >= 0.6 is 11.6 Å². The maximum atomic E-state index is 13.2. The molecule has 0 heterocycles. The molecule has 120 valence electrons. The Morgan fingerprint density at radius 3 is 2.70 bits per heavy atom. The molecule has 0 saturated carbocycles. The van der Waals surface area contributed by atoms with E-state index >= 15 is 0 Å². The molecule has 0 fully saturated rings. The van der Waals surface area contributed by atoms with Gasteiger partial charge >= 0.3 is 5.97 Å². The minimum Gasteiger partial charge on any atom is -0.496 e. The van der Waals surface area contributed by atoms with Gasteiger partial charge in [-0.05, 0) is 24.3 Å². The third kappa shape index (κ3) is 3.95. The molecule has 0 atom stereocenters. The fourth-order valence-electron chi connectivity index (χ4n) is 1.86. The normalized spacial score (nSPS) is 10.2. The third-order valence-electron chi connectivity index (χ3n) is 2.98. The van der Waals surface area contributed by atoms with Crippen molar-refractivity contribution in [2.45, 2.75) is 6.61 Å². The predicted molar refractivity (Wildman–Crippen MR) is 80.2 cm³/mol. The monoisotopic (exact) mass is 339 g/mol. The van der Waals surface area contributed by atoms with E-state index in [-0.39, 0.29) is 22.9 Å². The molecule has 0 unspecified atom stereocenters. The predicted octanol–water partition coefficient (Wildman–Crippen LogP) is 3.75. The molecule has 0 spiro atoms.